The smallest absolute Gasteiger partial charge is 0.328 e. The number of alkyl halides is 2. The van der Waals surface area contributed by atoms with E-state index in [1.807, 2.05) is 6.07 Å². The van der Waals surface area contributed by atoms with Crippen LogP contribution in [-0.2, 0) is 30.8 Å². The number of benzene rings is 2. The molecule has 3 aromatic rings. The van der Waals surface area contributed by atoms with Gasteiger partial charge in [0, 0.05) is 43.5 Å². The van der Waals surface area contributed by atoms with Crippen molar-refractivity contribution in [2.45, 2.75) is 61.6 Å². The summed E-state index contributed by atoms with van der Waals surface area (Å²) in [5.74, 6) is -5.12. The molecule has 2 aromatic carbocycles. The third-order valence-corrected chi connectivity index (χ3v) is 11.1. The standard InChI is InChI=1S/C34H34Cl2F2N6O6S/c1-2-50-33(47)28(14-21-7-9-23(10-8-21)41-32(46)30-26(35)17-40-18-27(30)36)42-31(45)29-15-24(43-12-4-11-34(37,38)20-43)19-44(29)51(48,49)25-6-3-5-22(13-25)16-39/h3,5-10,13,17-18,24,28-29H,2,4,11-12,14-15,19-20H2,1H3,(H,41,46)(H,42,45)/t24-,28+,29?/m1/s1. The number of nitrogens with zero attached hydrogens (tertiary/aromatic N) is 4. The third-order valence-electron chi connectivity index (χ3n) is 8.66. The van der Waals surface area contributed by atoms with E-state index in [2.05, 4.69) is 15.6 Å². The van der Waals surface area contributed by atoms with Gasteiger partial charge in [-0.25, -0.2) is 22.0 Å². The molecule has 0 bridgehead atoms. The number of amides is 2. The van der Waals surface area contributed by atoms with Gasteiger partial charge in [-0.3, -0.25) is 19.5 Å². The fourth-order valence-corrected chi connectivity index (χ4v) is 8.43. The number of nitrogens with one attached hydrogen (secondary N) is 2. The van der Waals surface area contributed by atoms with Crippen LogP contribution in [0.5, 0.6) is 0 Å². The van der Waals surface area contributed by atoms with Crippen LogP contribution >= 0.6 is 23.2 Å². The average Bonchev–Trinajstić information content (AvgIpc) is 3.55. The van der Waals surface area contributed by atoms with E-state index in [1.165, 1.54) is 41.6 Å². The minimum Gasteiger partial charge on any atom is -0.464 e. The van der Waals surface area contributed by atoms with Gasteiger partial charge in [-0.2, -0.15) is 9.57 Å². The number of aromatic nitrogens is 1. The summed E-state index contributed by atoms with van der Waals surface area (Å²) in [5, 5.41) is 14.8. The number of carbonyl (C=O) groups is 3. The number of halogens is 4. The van der Waals surface area contributed by atoms with Crippen molar-refractivity contribution in [3.63, 3.8) is 0 Å². The topological polar surface area (TPSA) is 162 Å². The average molecular weight is 764 g/mol. The Morgan fingerprint density at radius 3 is 2.49 bits per heavy atom. The lowest BCUT2D eigenvalue weighted by atomic mass is 10.0. The highest BCUT2D eigenvalue weighted by atomic mass is 35.5. The van der Waals surface area contributed by atoms with Gasteiger partial charge in [0.2, 0.25) is 15.9 Å². The van der Waals surface area contributed by atoms with E-state index in [9.17, 15) is 36.8 Å². The minimum absolute atomic E-state index is 0.000704. The van der Waals surface area contributed by atoms with Crippen molar-refractivity contribution in [2.75, 3.05) is 31.6 Å². The molecule has 12 nitrogen and oxygen atoms in total. The van der Waals surface area contributed by atoms with Gasteiger partial charge >= 0.3 is 5.97 Å². The van der Waals surface area contributed by atoms with Crippen LogP contribution in [0, 0.1) is 11.3 Å². The predicted molar refractivity (Wildman–Crippen MR) is 184 cm³/mol. The van der Waals surface area contributed by atoms with E-state index < -0.39 is 58.4 Å². The van der Waals surface area contributed by atoms with E-state index in [0.29, 0.717) is 17.8 Å². The zero-order valence-corrected chi connectivity index (χ0v) is 29.6. The Bertz CT molecular complexity index is 1930. The number of ether oxygens (including phenoxy) is 1. The Kier molecular flexibility index (Phi) is 11.9. The molecule has 3 heterocycles. The molecule has 2 aliphatic rings. The molecule has 270 valence electrons. The molecule has 2 N–H and O–H groups in total. The van der Waals surface area contributed by atoms with Gasteiger partial charge in [0.05, 0.1) is 45.3 Å². The first kappa shape index (κ1) is 38.0. The summed E-state index contributed by atoms with van der Waals surface area (Å²) in [4.78, 5) is 45.0. The van der Waals surface area contributed by atoms with Crippen molar-refractivity contribution in [1.29, 1.82) is 5.26 Å². The number of sulfonamides is 1. The molecule has 0 saturated carbocycles. The molecule has 0 spiro atoms. The minimum atomic E-state index is -4.39. The Balaban J connectivity index is 1.37. The Labute approximate surface area is 303 Å². The molecular formula is C34H34Cl2F2N6O6S. The Morgan fingerprint density at radius 2 is 1.84 bits per heavy atom. The van der Waals surface area contributed by atoms with Crippen molar-refractivity contribution in [2.24, 2.45) is 0 Å². The summed E-state index contributed by atoms with van der Waals surface area (Å²) in [6.07, 6.45) is 2.32. The normalized spacial score (nSPS) is 19.8. The number of hydrogen-bond acceptors (Lipinski definition) is 9. The highest BCUT2D eigenvalue weighted by Gasteiger charge is 2.48. The van der Waals surface area contributed by atoms with Crippen LogP contribution in [0.3, 0.4) is 0 Å². The second-order valence-electron chi connectivity index (χ2n) is 12.2. The number of rotatable bonds is 11. The highest BCUT2D eigenvalue weighted by molar-refractivity contribution is 7.89. The van der Waals surface area contributed by atoms with Crippen molar-refractivity contribution in [3.05, 3.63) is 87.7 Å². The predicted octanol–water partition coefficient (Wildman–Crippen LogP) is 4.67. The van der Waals surface area contributed by atoms with Crippen LogP contribution in [0.2, 0.25) is 10.0 Å². The quantitative estimate of drug-likeness (QED) is 0.265. The zero-order valence-electron chi connectivity index (χ0n) is 27.3. The third kappa shape index (κ3) is 9.00. The molecule has 17 heteroatoms. The lowest BCUT2D eigenvalue weighted by molar-refractivity contribution is -0.147. The van der Waals surface area contributed by atoms with Crippen LogP contribution in [-0.4, -0.2) is 90.7 Å². The first-order valence-electron chi connectivity index (χ1n) is 16.0. The maximum absolute atomic E-state index is 14.4. The van der Waals surface area contributed by atoms with Gasteiger partial charge in [-0.1, -0.05) is 41.4 Å². The SMILES string of the molecule is CCOC(=O)[C@H](Cc1ccc(NC(=O)c2c(Cl)cncc2Cl)cc1)NC(=O)C1C[C@@H](N2CCCC(F)(F)C2)CN1S(=O)(=O)c1cccc(C#N)c1. The maximum atomic E-state index is 14.4. The van der Waals surface area contributed by atoms with E-state index >= 15 is 0 Å². The van der Waals surface area contributed by atoms with Crippen LogP contribution in [0.15, 0.2) is 65.8 Å². The number of anilines is 1. The second kappa shape index (κ2) is 16.0. The number of piperidine rings is 1. The van der Waals surface area contributed by atoms with Crippen molar-refractivity contribution < 1.29 is 36.3 Å². The van der Waals surface area contributed by atoms with Crippen LogP contribution < -0.4 is 10.6 Å². The molecule has 1 aromatic heterocycles. The number of carbonyl (C=O) groups excluding carboxylic acids is 3. The van der Waals surface area contributed by atoms with Crippen molar-refractivity contribution in [3.8, 4) is 6.07 Å². The molecule has 5 rings (SSSR count). The van der Waals surface area contributed by atoms with Crippen molar-refractivity contribution in [1.82, 2.24) is 19.5 Å². The molecule has 2 aliphatic heterocycles. The number of esters is 1. The number of likely N-dealkylation sites (tertiary alicyclic amines) is 1. The van der Waals surface area contributed by atoms with Gasteiger partial charge < -0.3 is 15.4 Å². The summed E-state index contributed by atoms with van der Waals surface area (Å²) in [5.41, 5.74) is 1.07. The lowest BCUT2D eigenvalue weighted by Crippen LogP contribution is -2.51. The first-order chi connectivity index (χ1) is 24.2. The highest BCUT2D eigenvalue weighted by Crippen LogP contribution is 2.34. The summed E-state index contributed by atoms with van der Waals surface area (Å²) < 4.78 is 62.9. The summed E-state index contributed by atoms with van der Waals surface area (Å²) >= 11 is 12.2. The molecule has 51 heavy (non-hydrogen) atoms. The molecule has 2 amide bonds. The van der Waals surface area contributed by atoms with Gasteiger partial charge in [0.25, 0.3) is 11.8 Å². The summed E-state index contributed by atoms with van der Waals surface area (Å²) in [6, 6.07) is 10.3. The maximum Gasteiger partial charge on any atom is 0.328 e. The number of pyridine rings is 1. The zero-order chi connectivity index (χ0) is 36.9. The fourth-order valence-electron chi connectivity index (χ4n) is 6.21. The van der Waals surface area contributed by atoms with E-state index in [-0.39, 0.29) is 64.9 Å². The Hall–Kier alpha value is -4.20. The number of nitriles is 1. The van der Waals surface area contributed by atoms with Crippen LogP contribution in [0.4, 0.5) is 14.5 Å². The molecule has 2 fully saturated rings. The largest absolute Gasteiger partial charge is 0.464 e. The first-order valence-corrected chi connectivity index (χ1v) is 18.2. The molecule has 2 saturated heterocycles. The molecule has 1 unspecified atom stereocenters. The monoisotopic (exact) mass is 762 g/mol. The summed E-state index contributed by atoms with van der Waals surface area (Å²) in [6.45, 7) is 1.07. The van der Waals surface area contributed by atoms with Crippen LogP contribution in [0.1, 0.15) is 47.7 Å². The molecular weight excluding hydrogens is 729 g/mol. The Morgan fingerprint density at radius 1 is 1.14 bits per heavy atom. The van der Waals surface area contributed by atoms with Crippen LogP contribution in [0.25, 0.3) is 0 Å². The van der Waals surface area contributed by atoms with Gasteiger partial charge in [0.15, 0.2) is 0 Å². The van der Waals surface area contributed by atoms with E-state index in [1.54, 1.807) is 31.2 Å². The molecule has 3 atom stereocenters. The van der Waals surface area contributed by atoms with E-state index in [0.717, 1.165) is 4.31 Å². The fraction of sp³-hybridized carbons (Fsp3) is 0.382. The molecule has 0 aliphatic carbocycles. The second-order valence-corrected chi connectivity index (χ2v) is 14.9. The van der Waals surface area contributed by atoms with Crippen molar-refractivity contribution >= 4 is 56.7 Å². The van der Waals surface area contributed by atoms with Gasteiger partial charge in [0.1, 0.15) is 12.1 Å². The van der Waals surface area contributed by atoms with E-state index in [4.69, 9.17) is 27.9 Å². The van der Waals surface area contributed by atoms with Gasteiger partial charge in [-0.05, 0) is 62.2 Å². The lowest BCUT2D eigenvalue weighted by Gasteiger charge is -2.36. The number of hydrogen-bond donors (Lipinski definition) is 2. The van der Waals surface area contributed by atoms with Gasteiger partial charge in [-0.15, -0.1) is 0 Å². The molecule has 0 radical (unpaired) electrons. The summed E-state index contributed by atoms with van der Waals surface area (Å²) in [7, 11) is -4.39.